The van der Waals surface area contributed by atoms with E-state index < -0.39 is 5.91 Å². The monoisotopic (exact) mass is 466 g/mol. The Kier molecular flexibility index (Phi) is 6.49. The van der Waals surface area contributed by atoms with Gasteiger partial charge in [0.1, 0.15) is 11.4 Å². The maximum Gasteiger partial charge on any atom is 0.278 e. The topological polar surface area (TPSA) is 58.6 Å². The lowest BCUT2D eigenvalue weighted by molar-refractivity contribution is -0.136. The summed E-state index contributed by atoms with van der Waals surface area (Å²) >= 11 is 12.1. The fraction of sp³-hybridized carbons (Fsp3) is 0.120. The number of ether oxygens (including phenoxy) is 1. The van der Waals surface area contributed by atoms with Gasteiger partial charge in [0.25, 0.3) is 11.8 Å². The van der Waals surface area contributed by atoms with Gasteiger partial charge >= 0.3 is 0 Å². The van der Waals surface area contributed by atoms with Crippen LogP contribution >= 0.6 is 23.2 Å². The number of rotatable bonds is 7. The molecule has 1 N–H and O–H groups in total. The number of hydrogen-bond acceptors (Lipinski definition) is 4. The first kappa shape index (κ1) is 21.9. The summed E-state index contributed by atoms with van der Waals surface area (Å²) in [6.45, 7) is 0.244. The Morgan fingerprint density at radius 3 is 2.25 bits per heavy atom. The quantitative estimate of drug-likeness (QED) is 0.471. The van der Waals surface area contributed by atoms with Gasteiger partial charge in [-0.3, -0.25) is 14.5 Å². The number of amides is 2. The molecule has 0 radical (unpaired) electrons. The number of carbonyl (C=O) groups excluding carboxylic acids is 2. The van der Waals surface area contributed by atoms with Crippen molar-refractivity contribution < 1.29 is 14.3 Å². The van der Waals surface area contributed by atoms with Gasteiger partial charge in [0.05, 0.1) is 18.4 Å². The molecule has 3 aromatic rings. The minimum absolute atomic E-state index is 0.192. The lowest BCUT2D eigenvalue weighted by atomic mass is 10.0. The van der Waals surface area contributed by atoms with Crippen molar-refractivity contribution in [3.05, 3.63) is 99.7 Å². The summed E-state index contributed by atoms with van der Waals surface area (Å²) in [7, 11) is 1.53. The number of imide groups is 1. The third-order valence-corrected chi connectivity index (χ3v) is 5.68. The van der Waals surface area contributed by atoms with Crippen molar-refractivity contribution >= 4 is 46.3 Å². The van der Waals surface area contributed by atoms with Crippen molar-refractivity contribution in [1.82, 2.24) is 4.90 Å². The van der Waals surface area contributed by atoms with E-state index in [1.54, 1.807) is 42.5 Å². The predicted octanol–water partition coefficient (Wildman–Crippen LogP) is 5.44. The normalized spacial score (nSPS) is 13.7. The van der Waals surface area contributed by atoms with Gasteiger partial charge in [0, 0.05) is 16.6 Å². The molecule has 162 valence electrons. The van der Waals surface area contributed by atoms with Crippen LogP contribution in [0.5, 0.6) is 5.75 Å². The summed E-state index contributed by atoms with van der Waals surface area (Å²) in [4.78, 5) is 28.0. The van der Waals surface area contributed by atoms with Crippen LogP contribution in [0.4, 0.5) is 5.69 Å². The average molecular weight is 467 g/mol. The predicted molar refractivity (Wildman–Crippen MR) is 127 cm³/mol. The first-order chi connectivity index (χ1) is 15.5. The van der Waals surface area contributed by atoms with Crippen LogP contribution in [0.2, 0.25) is 10.0 Å². The van der Waals surface area contributed by atoms with E-state index >= 15 is 0 Å². The molecule has 0 spiro atoms. The highest BCUT2D eigenvalue weighted by atomic mass is 35.5. The fourth-order valence-electron chi connectivity index (χ4n) is 3.57. The molecule has 1 heterocycles. The Morgan fingerprint density at radius 2 is 1.56 bits per heavy atom. The van der Waals surface area contributed by atoms with Gasteiger partial charge in [0.2, 0.25) is 0 Å². The number of methoxy groups -OCH3 is 1. The molecule has 32 heavy (non-hydrogen) atoms. The standard InChI is InChI=1S/C25H20Cl2N2O3/c1-32-21-12-11-19(27)15-20(21)28-23-22(17-5-3-2-4-6-17)24(30)29(25(23)31)14-13-16-7-9-18(26)10-8-16/h2-12,15,28H,13-14H2,1H3. The highest BCUT2D eigenvalue weighted by Gasteiger charge is 2.39. The number of nitrogens with zero attached hydrogens (tertiary/aromatic N) is 1. The summed E-state index contributed by atoms with van der Waals surface area (Å²) in [5, 5.41) is 4.22. The third-order valence-electron chi connectivity index (χ3n) is 5.19. The molecule has 0 bridgehead atoms. The number of anilines is 1. The molecule has 0 atom stereocenters. The molecule has 0 fully saturated rings. The molecule has 0 saturated heterocycles. The number of carbonyl (C=O) groups is 2. The second kappa shape index (κ2) is 9.47. The molecule has 0 saturated carbocycles. The Morgan fingerprint density at radius 1 is 0.875 bits per heavy atom. The highest BCUT2D eigenvalue weighted by Crippen LogP contribution is 2.34. The van der Waals surface area contributed by atoms with Crippen LogP contribution in [0.25, 0.3) is 5.57 Å². The molecular weight excluding hydrogens is 447 g/mol. The van der Waals surface area contributed by atoms with Crippen molar-refractivity contribution in [2.45, 2.75) is 6.42 Å². The minimum atomic E-state index is -0.398. The van der Waals surface area contributed by atoms with E-state index in [1.807, 2.05) is 30.3 Å². The average Bonchev–Trinajstić information content (AvgIpc) is 3.03. The van der Waals surface area contributed by atoms with Crippen LogP contribution in [-0.4, -0.2) is 30.4 Å². The first-order valence-electron chi connectivity index (χ1n) is 9.99. The largest absolute Gasteiger partial charge is 0.495 e. The smallest absolute Gasteiger partial charge is 0.278 e. The molecule has 4 rings (SSSR count). The minimum Gasteiger partial charge on any atom is -0.495 e. The van der Waals surface area contributed by atoms with E-state index in [2.05, 4.69) is 5.32 Å². The second-order valence-corrected chi connectivity index (χ2v) is 8.10. The van der Waals surface area contributed by atoms with Crippen LogP contribution in [0, 0.1) is 0 Å². The number of benzene rings is 3. The van der Waals surface area contributed by atoms with Crippen molar-refractivity contribution in [2.24, 2.45) is 0 Å². The van der Waals surface area contributed by atoms with Crippen LogP contribution < -0.4 is 10.1 Å². The van der Waals surface area contributed by atoms with Gasteiger partial charge in [-0.25, -0.2) is 0 Å². The molecule has 2 amide bonds. The molecule has 0 aliphatic carbocycles. The molecule has 1 aliphatic heterocycles. The maximum atomic E-state index is 13.4. The molecule has 7 heteroatoms. The fourth-order valence-corrected chi connectivity index (χ4v) is 3.87. The van der Waals surface area contributed by atoms with E-state index in [1.165, 1.54) is 12.0 Å². The van der Waals surface area contributed by atoms with Crippen molar-refractivity contribution in [2.75, 3.05) is 19.0 Å². The lowest BCUT2D eigenvalue weighted by Gasteiger charge is -2.16. The van der Waals surface area contributed by atoms with Crippen molar-refractivity contribution in [1.29, 1.82) is 0 Å². The molecule has 1 aliphatic rings. The van der Waals surface area contributed by atoms with Crippen LogP contribution in [0.15, 0.2) is 78.5 Å². The van der Waals surface area contributed by atoms with Gasteiger partial charge in [0.15, 0.2) is 0 Å². The second-order valence-electron chi connectivity index (χ2n) is 7.22. The molecular formula is C25H20Cl2N2O3. The Bertz CT molecular complexity index is 1190. The zero-order valence-electron chi connectivity index (χ0n) is 17.3. The van der Waals surface area contributed by atoms with E-state index in [0.29, 0.717) is 39.0 Å². The van der Waals surface area contributed by atoms with Crippen LogP contribution in [-0.2, 0) is 16.0 Å². The summed E-state index contributed by atoms with van der Waals surface area (Å²) in [6.07, 6.45) is 0.518. The highest BCUT2D eigenvalue weighted by molar-refractivity contribution is 6.36. The van der Waals surface area contributed by atoms with Gasteiger partial charge in [-0.1, -0.05) is 65.7 Å². The van der Waals surface area contributed by atoms with Crippen LogP contribution in [0.1, 0.15) is 11.1 Å². The van der Waals surface area contributed by atoms with Crippen molar-refractivity contribution in [3.63, 3.8) is 0 Å². The third kappa shape index (κ3) is 4.49. The zero-order chi connectivity index (χ0) is 22.7. The molecule has 5 nitrogen and oxygen atoms in total. The molecule has 0 aromatic heterocycles. The maximum absolute atomic E-state index is 13.4. The Hall–Kier alpha value is -3.28. The summed E-state index contributed by atoms with van der Waals surface area (Å²) in [6, 6.07) is 21.5. The van der Waals surface area contributed by atoms with E-state index in [-0.39, 0.29) is 18.1 Å². The summed E-state index contributed by atoms with van der Waals surface area (Å²) in [5.74, 6) is -0.238. The number of nitrogens with one attached hydrogen (secondary N) is 1. The van der Waals surface area contributed by atoms with E-state index in [0.717, 1.165) is 5.56 Å². The molecule has 3 aromatic carbocycles. The Labute approximate surface area is 196 Å². The Balaban J connectivity index is 1.68. The lowest BCUT2D eigenvalue weighted by Crippen LogP contribution is -2.34. The number of halogens is 2. The van der Waals surface area contributed by atoms with Gasteiger partial charge < -0.3 is 10.1 Å². The zero-order valence-corrected chi connectivity index (χ0v) is 18.8. The first-order valence-corrected chi connectivity index (χ1v) is 10.7. The van der Waals surface area contributed by atoms with Crippen LogP contribution in [0.3, 0.4) is 0 Å². The van der Waals surface area contributed by atoms with Gasteiger partial charge in [-0.15, -0.1) is 0 Å². The van der Waals surface area contributed by atoms with Crippen molar-refractivity contribution in [3.8, 4) is 5.75 Å². The van der Waals surface area contributed by atoms with Gasteiger partial charge in [-0.2, -0.15) is 0 Å². The SMILES string of the molecule is COc1ccc(Cl)cc1NC1=C(c2ccccc2)C(=O)N(CCc2ccc(Cl)cc2)C1=O. The molecule has 0 unspecified atom stereocenters. The van der Waals surface area contributed by atoms with E-state index in [4.69, 9.17) is 27.9 Å². The number of hydrogen-bond donors (Lipinski definition) is 1. The van der Waals surface area contributed by atoms with E-state index in [9.17, 15) is 9.59 Å². The summed E-state index contributed by atoms with van der Waals surface area (Å²) < 4.78 is 5.39. The van der Waals surface area contributed by atoms with Gasteiger partial charge in [-0.05, 0) is 47.9 Å². The summed E-state index contributed by atoms with van der Waals surface area (Å²) in [5.41, 5.74) is 2.65.